The fourth-order valence-electron chi connectivity index (χ4n) is 2.85. The quantitative estimate of drug-likeness (QED) is 0.542. The highest BCUT2D eigenvalue weighted by Gasteiger charge is 2.20. The molecule has 3 aromatic heterocycles. The first-order chi connectivity index (χ1) is 13.1. The number of benzene rings is 1. The minimum absolute atomic E-state index is 0.0531. The lowest BCUT2D eigenvalue weighted by Gasteiger charge is -2.22. The number of carbonyl (C=O) groups is 1. The second kappa shape index (κ2) is 7.38. The average molecular weight is 381 g/mol. The monoisotopic (exact) mass is 381 g/mol. The van der Waals surface area contributed by atoms with Crippen molar-refractivity contribution >= 4 is 27.5 Å². The van der Waals surface area contributed by atoms with Crippen molar-refractivity contribution in [2.24, 2.45) is 0 Å². The highest BCUT2D eigenvalue weighted by atomic mass is 32.1. The van der Waals surface area contributed by atoms with Gasteiger partial charge < -0.3 is 14.2 Å². The fourth-order valence-corrected chi connectivity index (χ4v) is 3.77. The minimum atomic E-state index is -0.263. The van der Waals surface area contributed by atoms with Gasteiger partial charge in [0.15, 0.2) is 16.5 Å². The van der Waals surface area contributed by atoms with Crippen LogP contribution in [0.3, 0.4) is 0 Å². The molecule has 0 aliphatic carbocycles. The smallest absolute Gasteiger partial charge is 0.287 e. The molecule has 138 valence electrons. The van der Waals surface area contributed by atoms with Gasteiger partial charge in [-0.25, -0.2) is 4.98 Å². The second-order valence-corrected chi connectivity index (χ2v) is 7.39. The van der Waals surface area contributed by atoms with Crippen LogP contribution in [-0.4, -0.2) is 36.4 Å². The molecule has 0 bridgehead atoms. The van der Waals surface area contributed by atoms with E-state index in [9.17, 15) is 4.79 Å². The van der Waals surface area contributed by atoms with Crippen molar-refractivity contribution < 1.29 is 13.6 Å². The number of amides is 1. The van der Waals surface area contributed by atoms with E-state index in [0.717, 1.165) is 21.0 Å². The van der Waals surface area contributed by atoms with Gasteiger partial charge in [0.1, 0.15) is 5.76 Å². The Morgan fingerprint density at radius 2 is 2.04 bits per heavy atom. The van der Waals surface area contributed by atoms with Crippen molar-refractivity contribution in [2.75, 3.05) is 20.6 Å². The predicted octanol–water partition coefficient (Wildman–Crippen LogP) is 4.18. The van der Waals surface area contributed by atoms with Crippen LogP contribution in [0.2, 0.25) is 0 Å². The number of hydrogen-bond donors (Lipinski definition) is 1. The lowest BCUT2D eigenvalue weighted by Crippen LogP contribution is -2.34. The largest absolute Gasteiger partial charge is 0.468 e. The summed E-state index contributed by atoms with van der Waals surface area (Å²) in [5.74, 6) is 1.40. The first-order valence-corrected chi connectivity index (χ1v) is 9.37. The summed E-state index contributed by atoms with van der Waals surface area (Å²) in [4.78, 5) is 19.0. The number of fused-ring (bicyclic) bond motifs is 1. The van der Waals surface area contributed by atoms with Crippen LogP contribution in [0.15, 0.2) is 63.6 Å². The van der Waals surface area contributed by atoms with Crippen LogP contribution in [-0.2, 0) is 0 Å². The topological polar surface area (TPSA) is 71.5 Å². The van der Waals surface area contributed by atoms with Crippen LogP contribution >= 0.6 is 11.3 Å². The van der Waals surface area contributed by atoms with E-state index in [1.165, 1.54) is 0 Å². The molecule has 0 saturated carbocycles. The molecule has 4 aromatic rings. The van der Waals surface area contributed by atoms with Gasteiger partial charge in [-0.05, 0) is 50.5 Å². The lowest BCUT2D eigenvalue weighted by molar-refractivity contribution is 0.0912. The lowest BCUT2D eigenvalue weighted by atomic mass is 10.2. The van der Waals surface area contributed by atoms with Crippen molar-refractivity contribution in [3.63, 3.8) is 0 Å². The van der Waals surface area contributed by atoms with Gasteiger partial charge in [0, 0.05) is 6.54 Å². The SMILES string of the molecule is CN(C)[C@H](CNC(=O)c1ccc(-c2nc3ccccc3s2)o1)c1ccco1. The van der Waals surface area contributed by atoms with Crippen molar-refractivity contribution in [1.29, 1.82) is 0 Å². The molecule has 1 N–H and O–H groups in total. The zero-order valence-corrected chi connectivity index (χ0v) is 15.8. The van der Waals surface area contributed by atoms with Gasteiger partial charge in [-0.3, -0.25) is 9.69 Å². The third-order valence-electron chi connectivity index (χ3n) is 4.29. The van der Waals surface area contributed by atoms with Gasteiger partial charge in [0.2, 0.25) is 0 Å². The maximum Gasteiger partial charge on any atom is 0.287 e. The normalized spacial score (nSPS) is 12.6. The number of furan rings is 2. The van der Waals surface area contributed by atoms with Crippen molar-refractivity contribution in [3.05, 3.63) is 66.3 Å². The molecule has 1 atom stereocenters. The maximum atomic E-state index is 12.5. The average Bonchev–Trinajstić information content (AvgIpc) is 3.40. The summed E-state index contributed by atoms with van der Waals surface area (Å²) in [6.45, 7) is 0.413. The first kappa shape index (κ1) is 17.5. The Balaban J connectivity index is 1.47. The molecule has 4 rings (SSSR count). The Morgan fingerprint density at radius 3 is 2.78 bits per heavy atom. The van der Waals surface area contributed by atoms with Gasteiger partial charge in [-0.15, -0.1) is 11.3 Å². The number of para-hydroxylation sites is 1. The van der Waals surface area contributed by atoms with Crippen LogP contribution in [0.25, 0.3) is 21.0 Å². The molecule has 0 fully saturated rings. The molecule has 0 unspecified atom stereocenters. The third-order valence-corrected chi connectivity index (χ3v) is 5.34. The molecular weight excluding hydrogens is 362 g/mol. The number of thiazole rings is 1. The highest BCUT2D eigenvalue weighted by molar-refractivity contribution is 7.21. The number of carbonyl (C=O) groups excluding carboxylic acids is 1. The van der Waals surface area contributed by atoms with Gasteiger partial charge in [0.05, 0.1) is 22.5 Å². The minimum Gasteiger partial charge on any atom is -0.468 e. The fraction of sp³-hybridized carbons (Fsp3) is 0.200. The Hall–Kier alpha value is -2.90. The van der Waals surface area contributed by atoms with Crippen molar-refractivity contribution in [2.45, 2.75) is 6.04 Å². The van der Waals surface area contributed by atoms with Crippen LogP contribution in [0.5, 0.6) is 0 Å². The molecule has 6 nitrogen and oxygen atoms in total. The predicted molar refractivity (Wildman–Crippen MR) is 105 cm³/mol. The number of rotatable bonds is 6. The maximum absolute atomic E-state index is 12.5. The van der Waals surface area contributed by atoms with Crippen LogP contribution in [0.4, 0.5) is 0 Å². The standard InChI is InChI=1S/C20H19N3O3S/c1-23(2)14(15-7-5-11-25-15)12-21-19(24)16-9-10-17(26-16)20-22-13-6-3-4-8-18(13)27-20/h3-11,14H,12H2,1-2H3,(H,21,24)/t14-/m1/s1. The Morgan fingerprint density at radius 1 is 1.19 bits per heavy atom. The number of aromatic nitrogens is 1. The number of nitrogens with zero attached hydrogens (tertiary/aromatic N) is 2. The zero-order chi connectivity index (χ0) is 18.8. The van der Waals surface area contributed by atoms with Gasteiger partial charge in [0.25, 0.3) is 5.91 Å². The Bertz CT molecular complexity index is 1020. The number of nitrogens with one attached hydrogen (secondary N) is 1. The Kier molecular flexibility index (Phi) is 4.79. The van der Waals surface area contributed by atoms with E-state index < -0.39 is 0 Å². The van der Waals surface area contributed by atoms with Crippen molar-refractivity contribution in [3.8, 4) is 10.8 Å². The molecule has 1 aromatic carbocycles. The van der Waals surface area contributed by atoms with E-state index in [-0.39, 0.29) is 17.7 Å². The molecule has 0 spiro atoms. The van der Waals surface area contributed by atoms with E-state index in [4.69, 9.17) is 8.83 Å². The van der Waals surface area contributed by atoms with E-state index in [2.05, 4.69) is 10.3 Å². The van der Waals surface area contributed by atoms with E-state index in [1.807, 2.05) is 55.4 Å². The molecule has 0 aliphatic heterocycles. The molecule has 7 heteroatoms. The van der Waals surface area contributed by atoms with E-state index in [1.54, 1.807) is 29.7 Å². The summed E-state index contributed by atoms with van der Waals surface area (Å²) in [5.41, 5.74) is 0.923. The molecular formula is C20H19N3O3S. The van der Waals surface area contributed by atoms with Gasteiger partial charge >= 0.3 is 0 Å². The third kappa shape index (κ3) is 3.65. The summed E-state index contributed by atoms with van der Waals surface area (Å²) in [6.07, 6.45) is 1.63. The first-order valence-electron chi connectivity index (χ1n) is 8.55. The molecule has 0 aliphatic rings. The summed E-state index contributed by atoms with van der Waals surface area (Å²) in [6, 6.07) is 15.0. The highest BCUT2D eigenvalue weighted by Crippen LogP contribution is 2.31. The summed E-state index contributed by atoms with van der Waals surface area (Å²) < 4.78 is 12.3. The van der Waals surface area contributed by atoms with E-state index in [0.29, 0.717) is 12.3 Å². The number of likely N-dealkylation sites (N-methyl/N-ethyl adjacent to an activating group) is 1. The number of hydrogen-bond acceptors (Lipinski definition) is 6. The summed E-state index contributed by atoms with van der Waals surface area (Å²) >= 11 is 1.54. The molecule has 0 radical (unpaired) electrons. The summed E-state index contributed by atoms with van der Waals surface area (Å²) in [5, 5.41) is 3.67. The summed E-state index contributed by atoms with van der Waals surface area (Å²) in [7, 11) is 3.88. The van der Waals surface area contributed by atoms with Crippen LogP contribution < -0.4 is 5.32 Å². The molecule has 1 amide bonds. The zero-order valence-electron chi connectivity index (χ0n) is 15.0. The molecule has 0 saturated heterocycles. The van der Waals surface area contributed by atoms with Gasteiger partial charge in [-0.1, -0.05) is 12.1 Å². The van der Waals surface area contributed by atoms with Crippen LogP contribution in [0.1, 0.15) is 22.4 Å². The second-order valence-electron chi connectivity index (χ2n) is 6.36. The van der Waals surface area contributed by atoms with Crippen molar-refractivity contribution in [1.82, 2.24) is 15.2 Å². The molecule has 3 heterocycles. The van der Waals surface area contributed by atoms with Gasteiger partial charge in [-0.2, -0.15) is 0 Å². The molecule has 27 heavy (non-hydrogen) atoms. The van der Waals surface area contributed by atoms with Crippen LogP contribution in [0, 0.1) is 0 Å². The Labute approximate surface area is 160 Å². The van der Waals surface area contributed by atoms with E-state index >= 15 is 0 Å².